The minimum atomic E-state index is -0.379. The summed E-state index contributed by atoms with van der Waals surface area (Å²) in [5, 5.41) is 0. The van der Waals surface area contributed by atoms with Crippen molar-refractivity contribution in [2.24, 2.45) is 0 Å². The maximum atomic E-state index is 13.3. The van der Waals surface area contributed by atoms with Crippen LogP contribution in [-0.2, 0) is 6.54 Å². The number of H-pyrrole nitrogens is 1. The standard InChI is InChI=1S/C12H14FN3/c1-16(8-9-3-2-6-15-9)10-4-5-12(14)11(13)7-10/h2-7,15H,8,14H2,1H3. The maximum Gasteiger partial charge on any atom is 0.148 e. The van der Waals surface area contributed by atoms with E-state index >= 15 is 0 Å². The van der Waals surface area contributed by atoms with Crippen LogP contribution in [0.2, 0.25) is 0 Å². The molecule has 1 aromatic carbocycles. The van der Waals surface area contributed by atoms with Crippen LogP contribution >= 0.6 is 0 Å². The molecule has 3 N–H and O–H groups in total. The van der Waals surface area contributed by atoms with Crippen LogP contribution in [0.25, 0.3) is 0 Å². The van der Waals surface area contributed by atoms with Crippen molar-refractivity contribution in [3.05, 3.63) is 48.0 Å². The first-order chi connectivity index (χ1) is 7.66. The van der Waals surface area contributed by atoms with Gasteiger partial charge in [-0.05, 0) is 30.3 Å². The van der Waals surface area contributed by atoms with Crippen LogP contribution in [0.4, 0.5) is 15.8 Å². The van der Waals surface area contributed by atoms with Gasteiger partial charge in [0.2, 0.25) is 0 Å². The van der Waals surface area contributed by atoms with Gasteiger partial charge in [-0.25, -0.2) is 4.39 Å². The van der Waals surface area contributed by atoms with Crippen molar-refractivity contribution in [3.63, 3.8) is 0 Å². The quantitative estimate of drug-likeness (QED) is 0.778. The molecule has 0 amide bonds. The summed E-state index contributed by atoms with van der Waals surface area (Å²) >= 11 is 0. The molecule has 3 nitrogen and oxygen atoms in total. The predicted molar refractivity (Wildman–Crippen MR) is 63.7 cm³/mol. The number of aromatic nitrogens is 1. The Morgan fingerprint density at radius 3 is 2.81 bits per heavy atom. The molecule has 16 heavy (non-hydrogen) atoms. The van der Waals surface area contributed by atoms with Crippen molar-refractivity contribution in [2.75, 3.05) is 17.7 Å². The average molecular weight is 219 g/mol. The Bertz CT molecular complexity index is 465. The molecule has 0 fully saturated rings. The molecule has 4 heteroatoms. The second-order valence-corrected chi connectivity index (χ2v) is 3.76. The first-order valence-corrected chi connectivity index (χ1v) is 5.05. The minimum Gasteiger partial charge on any atom is -0.396 e. The number of benzene rings is 1. The molecule has 0 aliphatic carbocycles. The fourth-order valence-electron chi connectivity index (χ4n) is 1.57. The third-order valence-electron chi connectivity index (χ3n) is 2.49. The fraction of sp³-hybridized carbons (Fsp3) is 0.167. The van der Waals surface area contributed by atoms with Crippen molar-refractivity contribution in [2.45, 2.75) is 6.54 Å². The highest BCUT2D eigenvalue weighted by atomic mass is 19.1. The lowest BCUT2D eigenvalue weighted by molar-refractivity contribution is 0.631. The Morgan fingerprint density at radius 1 is 1.38 bits per heavy atom. The minimum absolute atomic E-state index is 0.178. The van der Waals surface area contributed by atoms with Crippen molar-refractivity contribution in [1.82, 2.24) is 4.98 Å². The highest BCUT2D eigenvalue weighted by Gasteiger charge is 2.05. The number of nitrogens with zero attached hydrogens (tertiary/aromatic N) is 1. The van der Waals surface area contributed by atoms with E-state index in [9.17, 15) is 4.39 Å². The Balaban J connectivity index is 2.14. The van der Waals surface area contributed by atoms with E-state index in [2.05, 4.69) is 4.98 Å². The molecule has 2 rings (SSSR count). The molecule has 0 atom stereocenters. The number of nitrogen functional groups attached to an aromatic ring is 1. The Labute approximate surface area is 93.7 Å². The van der Waals surface area contributed by atoms with Crippen molar-refractivity contribution in [1.29, 1.82) is 0 Å². The van der Waals surface area contributed by atoms with E-state index in [0.29, 0.717) is 6.54 Å². The Morgan fingerprint density at radius 2 is 2.19 bits per heavy atom. The van der Waals surface area contributed by atoms with E-state index in [-0.39, 0.29) is 11.5 Å². The average Bonchev–Trinajstić information content (AvgIpc) is 2.74. The van der Waals surface area contributed by atoms with Gasteiger partial charge in [0.1, 0.15) is 5.82 Å². The van der Waals surface area contributed by atoms with Crippen LogP contribution in [0.5, 0.6) is 0 Å². The van der Waals surface area contributed by atoms with Crippen LogP contribution in [0.15, 0.2) is 36.5 Å². The summed E-state index contributed by atoms with van der Waals surface area (Å²) in [4.78, 5) is 5.06. The molecule has 0 aliphatic rings. The van der Waals surface area contributed by atoms with Gasteiger partial charge >= 0.3 is 0 Å². The van der Waals surface area contributed by atoms with E-state index in [0.717, 1.165) is 11.4 Å². The number of aromatic amines is 1. The molecule has 1 heterocycles. The van der Waals surface area contributed by atoms with Crippen LogP contribution in [0.3, 0.4) is 0 Å². The maximum absolute atomic E-state index is 13.3. The van der Waals surface area contributed by atoms with Gasteiger partial charge in [-0.3, -0.25) is 0 Å². The number of hydrogen-bond donors (Lipinski definition) is 2. The smallest absolute Gasteiger partial charge is 0.148 e. The lowest BCUT2D eigenvalue weighted by Gasteiger charge is -2.18. The third kappa shape index (κ3) is 2.16. The summed E-state index contributed by atoms with van der Waals surface area (Å²) in [6.07, 6.45) is 1.87. The van der Waals surface area contributed by atoms with Gasteiger partial charge in [0, 0.05) is 24.6 Å². The highest BCUT2D eigenvalue weighted by Crippen LogP contribution is 2.20. The van der Waals surface area contributed by atoms with Gasteiger partial charge < -0.3 is 15.6 Å². The highest BCUT2D eigenvalue weighted by molar-refractivity contribution is 5.53. The molecule has 0 radical (unpaired) electrons. The molecule has 2 aromatic rings. The summed E-state index contributed by atoms with van der Waals surface area (Å²) in [6.45, 7) is 0.705. The molecule has 1 aromatic heterocycles. The molecular weight excluding hydrogens is 205 g/mol. The van der Waals surface area contributed by atoms with E-state index < -0.39 is 0 Å². The molecule has 0 aliphatic heterocycles. The zero-order chi connectivity index (χ0) is 11.5. The SMILES string of the molecule is CN(Cc1ccc[nH]1)c1ccc(N)c(F)c1. The zero-order valence-electron chi connectivity index (χ0n) is 9.07. The van der Waals surface area contributed by atoms with Gasteiger partial charge in [-0.15, -0.1) is 0 Å². The van der Waals surface area contributed by atoms with Crippen LogP contribution < -0.4 is 10.6 Å². The summed E-state index contributed by atoms with van der Waals surface area (Å²) in [6, 6.07) is 8.76. The van der Waals surface area contributed by atoms with Gasteiger partial charge in [-0.2, -0.15) is 0 Å². The number of hydrogen-bond acceptors (Lipinski definition) is 2. The van der Waals surface area contributed by atoms with Crippen molar-refractivity contribution >= 4 is 11.4 Å². The molecular formula is C12H14FN3. The van der Waals surface area contributed by atoms with Gasteiger partial charge in [0.15, 0.2) is 0 Å². The van der Waals surface area contributed by atoms with Crippen molar-refractivity contribution < 1.29 is 4.39 Å². The summed E-state index contributed by atoms with van der Waals surface area (Å²) in [7, 11) is 1.91. The zero-order valence-corrected chi connectivity index (χ0v) is 9.07. The number of halogens is 1. The number of rotatable bonds is 3. The van der Waals surface area contributed by atoms with E-state index in [1.54, 1.807) is 12.1 Å². The lowest BCUT2D eigenvalue weighted by atomic mass is 10.2. The van der Waals surface area contributed by atoms with Crippen LogP contribution in [0.1, 0.15) is 5.69 Å². The molecule has 0 unspecified atom stereocenters. The second kappa shape index (κ2) is 4.26. The van der Waals surface area contributed by atoms with E-state index in [1.165, 1.54) is 6.07 Å². The summed E-state index contributed by atoms with van der Waals surface area (Å²) in [5.74, 6) is -0.379. The topological polar surface area (TPSA) is 45.0 Å². The monoisotopic (exact) mass is 219 g/mol. The van der Waals surface area contributed by atoms with E-state index in [4.69, 9.17) is 5.73 Å². The molecule has 0 saturated carbocycles. The largest absolute Gasteiger partial charge is 0.396 e. The second-order valence-electron chi connectivity index (χ2n) is 3.76. The first-order valence-electron chi connectivity index (χ1n) is 5.05. The summed E-state index contributed by atoms with van der Waals surface area (Å²) in [5.41, 5.74) is 7.49. The van der Waals surface area contributed by atoms with Crippen LogP contribution in [-0.4, -0.2) is 12.0 Å². The Hall–Kier alpha value is -1.97. The lowest BCUT2D eigenvalue weighted by Crippen LogP contribution is -2.16. The van der Waals surface area contributed by atoms with E-state index in [1.807, 2.05) is 30.3 Å². The Kier molecular flexibility index (Phi) is 2.81. The van der Waals surface area contributed by atoms with Gasteiger partial charge in [0.25, 0.3) is 0 Å². The van der Waals surface area contributed by atoms with Gasteiger partial charge in [-0.1, -0.05) is 0 Å². The van der Waals surface area contributed by atoms with Crippen LogP contribution in [0, 0.1) is 5.82 Å². The number of nitrogens with two attached hydrogens (primary N) is 1. The molecule has 0 bridgehead atoms. The number of nitrogens with one attached hydrogen (secondary N) is 1. The number of anilines is 2. The summed E-state index contributed by atoms with van der Waals surface area (Å²) < 4.78 is 13.3. The molecule has 84 valence electrons. The normalized spacial score (nSPS) is 10.4. The molecule has 0 saturated heterocycles. The first kappa shape index (κ1) is 10.5. The van der Waals surface area contributed by atoms with Crippen molar-refractivity contribution in [3.8, 4) is 0 Å². The predicted octanol–water partition coefficient (Wildman–Crippen LogP) is 2.37. The molecule has 0 spiro atoms. The fourth-order valence-corrected chi connectivity index (χ4v) is 1.57. The third-order valence-corrected chi connectivity index (χ3v) is 2.49. The van der Waals surface area contributed by atoms with Gasteiger partial charge in [0.05, 0.1) is 12.2 Å².